The first-order chi connectivity index (χ1) is 13.8. The van der Waals surface area contributed by atoms with Crippen molar-refractivity contribution in [1.29, 1.82) is 0 Å². The van der Waals surface area contributed by atoms with E-state index in [1.807, 2.05) is 44.2 Å². The van der Waals surface area contributed by atoms with Crippen LogP contribution in [0.3, 0.4) is 0 Å². The molecule has 2 aliphatic rings. The van der Waals surface area contributed by atoms with Crippen molar-refractivity contribution in [3.05, 3.63) is 64.3 Å². The molecule has 0 saturated carbocycles. The zero-order valence-corrected chi connectivity index (χ0v) is 16.3. The second-order valence-corrected chi connectivity index (χ2v) is 7.96. The van der Waals surface area contributed by atoms with Gasteiger partial charge in [0.15, 0.2) is 5.43 Å². The molecule has 0 radical (unpaired) electrons. The van der Waals surface area contributed by atoms with Gasteiger partial charge in [0.25, 0.3) is 0 Å². The first kappa shape index (κ1) is 17.9. The molecular weight excluding hydrogens is 372 g/mol. The lowest BCUT2D eigenvalue weighted by Gasteiger charge is -2.27. The van der Waals surface area contributed by atoms with Gasteiger partial charge in [0.05, 0.1) is 16.9 Å². The van der Waals surface area contributed by atoms with Crippen LogP contribution in [0.1, 0.15) is 32.3 Å². The number of carbonyl (C=O) groups excluding carboxylic acids is 1. The van der Waals surface area contributed by atoms with E-state index in [1.54, 1.807) is 12.1 Å². The lowest BCUT2D eigenvalue weighted by Crippen LogP contribution is -2.38. The summed E-state index contributed by atoms with van der Waals surface area (Å²) in [5.41, 5.74) is 1.08. The maximum absolute atomic E-state index is 12.8. The molecule has 6 heteroatoms. The van der Waals surface area contributed by atoms with E-state index in [4.69, 9.17) is 18.6 Å². The van der Waals surface area contributed by atoms with Crippen LogP contribution >= 0.6 is 0 Å². The number of hydrogen-bond donors (Lipinski definition) is 0. The second kappa shape index (κ2) is 6.19. The molecule has 0 unspecified atom stereocenters. The Morgan fingerprint density at radius 3 is 2.59 bits per heavy atom. The van der Waals surface area contributed by atoms with Gasteiger partial charge < -0.3 is 18.6 Å². The van der Waals surface area contributed by atoms with Gasteiger partial charge in [-0.25, -0.2) is 0 Å². The minimum Gasteiger partial charge on any atom is -0.464 e. The molecule has 0 N–H and O–H groups in total. The summed E-state index contributed by atoms with van der Waals surface area (Å²) < 4.78 is 23.9. The Labute approximate surface area is 167 Å². The summed E-state index contributed by atoms with van der Waals surface area (Å²) in [4.78, 5) is 24.6. The van der Waals surface area contributed by atoms with Crippen molar-refractivity contribution in [1.82, 2.24) is 0 Å². The monoisotopic (exact) mass is 392 g/mol. The molecule has 2 aromatic carbocycles. The zero-order chi connectivity index (χ0) is 20.3. The van der Waals surface area contributed by atoms with Crippen LogP contribution in [0.5, 0.6) is 5.75 Å². The first-order valence-electron chi connectivity index (χ1n) is 9.53. The van der Waals surface area contributed by atoms with Gasteiger partial charge in [0.2, 0.25) is 6.29 Å². The average Bonchev–Trinajstić information content (AvgIpc) is 3.14. The third kappa shape index (κ3) is 2.75. The van der Waals surface area contributed by atoms with Crippen LogP contribution in [-0.2, 0) is 14.3 Å². The number of rotatable bonds is 2. The third-order valence-electron chi connectivity index (χ3n) is 5.55. The topological polar surface area (TPSA) is 75.0 Å². The molecule has 0 bridgehead atoms. The van der Waals surface area contributed by atoms with Crippen molar-refractivity contribution in [3.63, 3.8) is 0 Å². The van der Waals surface area contributed by atoms with Crippen molar-refractivity contribution in [2.75, 3.05) is 0 Å². The Hall–Kier alpha value is -3.12. The minimum absolute atomic E-state index is 0.140. The Kier molecular flexibility index (Phi) is 3.83. The van der Waals surface area contributed by atoms with E-state index in [0.29, 0.717) is 28.0 Å². The molecule has 5 rings (SSSR count). The van der Waals surface area contributed by atoms with Crippen LogP contribution in [0.15, 0.2) is 57.7 Å². The molecule has 3 heterocycles. The van der Waals surface area contributed by atoms with Crippen LogP contribution in [-0.4, -0.2) is 24.0 Å². The molecular formula is C23H20O6. The largest absolute Gasteiger partial charge is 0.464 e. The molecule has 1 fully saturated rings. The number of carbonyl (C=O) groups is 1. The van der Waals surface area contributed by atoms with E-state index >= 15 is 0 Å². The number of esters is 1. The summed E-state index contributed by atoms with van der Waals surface area (Å²) in [6, 6.07) is 14.4. The van der Waals surface area contributed by atoms with Crippen molar-refractivity contribution in [2.24, 2.45) is 0 Å². The highest BCUT2D eigenvalue weighted by Crippen LogP contribution is 2.53. The molecule has 1 aromatic heterocycles. The predicted molar refractivity (Wildman–Crippen MR) is 106 cm³/mol. The fraction of sp³-hybridized carbons (Fsp3) is 0.304. The smallest absolute Gasteiger partial charge is 0.303 e. The van der Waals surface area contributed by atoms with Crippen LogP contribution < -0.4 is 10.2 Å². The van der Waals surface area contributed by atoms with E-state index in [2.05, 4.69) is 0 Å². The maximum atomic E-state index is 12.8. The van der Waals surface area contributed by atoms with Gasteiger partial charge >= 0.3 is 5.97 Å². The van der Waals surface area contributed by atoms with Gasteiger partial charge in [0.1, 0.15) is 28.8 Å². The predicted octanol–water partition coefficient (Wildman–Crippen LogP) is 4.00. The van der Waals surface area contributed by atoms with Gasteiger partial charge in [-0.05, 0) is 26.0 Å². The normalized spacial score (nSPS) is 24.0. The molecule has 0 amide bonds. The Morgan fingerprint density at radius 2 is 1.86 bits per heavy atom. The van der Waals surface area contributed by atoms with Gasteiger partial charge in [-0.15, -0.1) is 0 Å². The molecule has 2 aliphatic heterocycles. The number of ether oxygens (including phenoxy) is 3. The Morgan fingerprint density at radius 1 is 1.10 bits per heavy atom. The summed E-state index contributed by atoms with van der Waals surface area (Å²) in [6.45, 7) is 5.09. The van der Waals surface area contributed by atoms with Crippen LogP contribution in [0.25, 0.3) is 22.3 Å². The van der Waals surface area contributed by atoms with Crippen molar-refractivity contribution >= 4 is 16.9 Å². The lowest BCUT2D eigenvalue weighted by atomic mass is 9.87. The fourth-order valence-corrected chi connectivity index (χ4v) is 4.30. The summed E-state index contributed by atoms with van der Waals surface area (Å²) in [6.07, 6.45) is -1.18. The van der Waals surface area contributed by atoms with Crippen molar-refractivity contribution in [2.45, 2.75) is 44.7 Å². The Balaban J connectivity index is 1.74. The lowest BCUT2D eigenvalue weighted by molar-refractivity contribution is -0.159. The SMILES string of the molecule is CC(=O)O[C@H]1[C@H]2c3c(ccc4c(=O)cc(-c5ccccc5)oc34)O[C@H]2OC1(C)C. The molecule has 3 atom stereocenters. The van der Waals surface area contributed by atoms with Gasteiger partial charge in [0, 0.05) is 18.6 Å². The van der Waals surface area contributed by atoms with E-state index in [0.717, 1.165) is 5.56 Å². The van der Waals surface area contributed by atoms with Crippen LogP contribution in [0, 0.1) is 0 Å². The summed E-state index contributed by atoms with van der Waals surface area (Å²) >= 11 is 0. The number of hydrogen-bond acceptors (Lipinski definition) is 6. The molecule has 0 spiro atoms. The van der Waals surface area contributed by atoms with E-state index in [9.17, 15) is 9.59 Å². The van der Waals surface area contributed by atoms with E-state index in [1.165, 1.54) is 13.0 Å². The first-order valence-corrected chi connectivity index (χ1v) is 9.53. The maximum Gasteiger partial charge on any atom is 0.303 e. The van der Waals surface area contributed by atoms with E-state index in [-0.39, 0.29) is 11.3 Å². The highest BCUT2D eigenvalue weighted by molar-refractivity contribution is 5.85. The molecule has 1 saturated heterocycles. The second-order valence-electron chi connectivity index (χ2n) is 7.96. The number of benzene rings is 2. The van der Waals surface area contributed by atoms with Crippen LogP contribution in [0.2, 0.25) is 0 Å². The highest BCUT2D eigenvalue weighted by atomic mass is 16.7. The molecule has 29 heavy (non-hydrogen) atoms. The number of fused-ring (bicyclic) bond motifs is 5. The highest BCUT2D eigenvalue weighted by Gasteiger charge is 2.58. The molecule has 6 nitrogen and oxygen atoms in total. The fourth-order valence-electron chi connectivity index (χ4n) is 4.30. The Bertz CT molecular complexity index is 1180. The van der Waals surface area contributed by atoms with Gasteiger partial charge in [-0.3, -0.25) is 9.59 Å². The third-order valence-corrected chi connectivity index (χ3v) is 5.55. The summed E-state index contributed by atoms with van der Waals surface area (Å²) in [5, 5.41) is 0.457. The van der Waals surface area contributed by atoms with Crippen molar-refractivity contribution in [3.8, 4) is 17.1 Å². The average molecular weight is 392 g/mol. The zero-order valence-electron chi connectivity index (χ0n) is 16.3. The standard InChI is InChI=1S/C23H20O6/c1-12(24)26-21-19-18-16(28-22(19)29-23(21,2)3)10-9-14-15(25)11-17(27-20(14)18)13-7-5-4-6-8-13/h4-11,19,21-22H,1-3H3/t19-,21+,22+/m1/s1. The van der Waals surface area contributed by atoms with Crippen molar-refractivity contribution < 1.29 is 23.4 Å². The minimum atomic E-state index is -0.738. The molecule has 3 aromatic rings. The van der Waals surface area contributed by atoms with Gasteiger partial charge in [-0.2, -0.15) is 0 Å². The molecule has 0 aliphatic carbocycles. The molecule has 148 valence electrons. The van der Waals surface area contributed by atoms with Gasteiger partial charge in [-0.1, -0.05) is 30.3 Å². The quantitative estimate of drug-likeness (QED) is 0.614. The van der Waals surface area contributed by atoms with E-state index < -0.39 is 24.0 Å². The summed E-state index contributed by atoms with van der Waals surface area (Å²) in [7, 11) is 0. The summed E-state index contributed by atoms with van der Waals surface area (Å²) in [5.74, 6) is 0.268. The van der Waals surface area contributed by atoms with Crippen LogP contribution in [0.4, 0.5) is 0 Å².